The maximum absolute atomic E-state index is 4.46. The molecule has 0 saturated heterocycles. The third-order valence-corrected chi connectivity index (χ3v) is 3.78. The molecule has 4 aromatic heterocycles. The number of aromatic nitrogens is 5. The lowest BCUT2D eigenvalue weighted by Gasteiger charge is -1.92. The maximum Gasteiger partial charge on any atom is 0.376 e. The lowest BCUT2D eigenvalue weighted by molar-refractivity contribution is -0.508. The van der Waals surface area contributed by atoms with Gasteiger partial charge in [0, 0.05) is 18.0 Å². The van der Waals surface area contributed by atoms with Crippen LogP contribution in [0.3, 0.4) is 0 Å². The minimum atomic E-state index is 0.822. The Morgan fingerprint density at radius 2 is 2.16 bits per heavy atom. The number of hydrogen-bond donors (Lipinski definition) is 0. The summed E-state index contributed by atoms with van der Waals surface area (Å²) >= 11 is 0. The largest absolute Gasteiger partial charge is 0.376 e. The van der Waals surface area contributed by atoms with Crippen LogP contribution in [0.1, 0.15) is 5.69 Å². The highest BCUT2D eigenvalue weighted by Gasteiger charge is 2.29. The molecule has 0 fully saturated rings. The summed E-state index contributed by atoms with van der Waals surface area (Å²) in [4.78, 5) is 8.67. The van der Waals surface area contributed by atoms with Crippen molar-refractivity contribution in [2.75, 3.05) is 0 Å². The monoisotopic (exact) mass is 248 g/mol. The molecule has 0 radical (unpaired) electrons. The van der Waals surface area contributed by atoms with Gasteiger partial charge in [0.25, 0.3) is 0 Å². The van der Waals surface area contributed by atoms with Crippen LogP contribution in [0, 0.1) is 0 Å². The molecular weight excluding hydrogens is 238 g/mol. The summed E-state index contributed by atoms with van der Waals surface area (Å²) in [6.45, 7) is 0.822. The molecule has 5 nitrogen and oxygen atoms in total. The molecule has 0 N–H and O–H groups in total. The molecule has 1 aliphatic rings. The Bertz CT molecular complexity index is 947. The van der Waals surface area contributed by atoms with Gasteiger partial charge in [-0.15, -0.1) is 0 Å². The molecule has 19 heavy (non-hydrogen) atoms. The second-order valence-electron chi connectivity index (χ2n) is 4.81. The Balaban J connectivity index is 1.94. The molecule has 0 atom stereocenters. The number of fused-ring (bicyclic) bond motifs is 7. The Hall–Kier alpha value is -2.69. The average molecular weight is 248 g/mol. The first-order valence-corrected chi connectivity index (χ1v) is 6.22. The Morgan fingerprint density at radius 1 is 1.16 bits per heavy atom. The molecule has 1 aliphatic heterocycles. The van der Waals surface area contributed by atoms with E-state index in [1.165, 1.54) is 11.3 Å². The van der Waals surface area contributed by atoms with E-state index in [0.717, 1.165) is 23.5 Å². The average Bonchev–Trinajstić information content (AvgIpc) is 3.05. The van der Waals surface area contributed by atoms with Gasteiger partial charge < -0.3 is 0 Å². The second-order valence-corrected chi connectivity index (χ2v) is 4.81. The van der Waals surface area contributed by atoms with Gasteiger partial charge in [0.05, 0.1) is 5.69 Å². The van der Waals surface area contributed by atoms with Crippen molar-refractivity contribution in [1.29, 1.82) is 0 Å². The van der Waals surface area contributed by atoms with Gasteiger partial charge in [-0.2, -0.15) is 4.40 Å². The van der Waals surface area contributed by atoms with Gasteiger partial charge in [0.2, 0.25) is 0 Å². The zero-order valence-corrected chi connectivity index (χ0v) is 10.1. The summed E-state index contributed by atoms with van der Waals surface area (Å²) in [5.41, 5.74) is 4.73. The van der Waals surface area contributed by atoms with Gasteiger partial charge >= 0.3 is 5.78 Å². The summed E-state index contributed by atoms with van der Waals surface area (Å²) in [7, 11) is 0. The van der Waals surface area contributed by atoms with E-state index in [1.807, 2.05) is 30.9 Å². The normalized spacial score (nSPS) is 13.1. The highest BCUT2D eigenvalue weighted by molar-refractivity contribution is 5.68. The van der Waals surface area contributed by atoms with E-state index < -0.39 is 0 Å². The molecule has 5 heteroatoms. The standard InChI is InChI=1S/C14H10N5/c1-2-11-12(16-4-1)7-18-13(11)8-17-6-10-3-5-15-9-19(10)14(17)18/h1-6,8-9H,7H2/q+1. The van der Waals surface area contributed by atoms with Gasteiger partial charge in [-0.05, 0) is 18.2 Å². The predicted octanol–water partition coefficient (Wildman–Crippen LogP) is 1.30. The first kappa shape index (κ1) is 9.27. The first-order chi connectivity index (χ1) is 9.42. The van der Waals surface area contributed by atoms with E-state index in [4.69, 9.17) is 0 Å². The van der Waals surface area contributed by atoms with Gasteiger partial charge in [0.15, 0.2) is 6.33 Å². The fourth-order valence-electron chi connectivity index (χ4n) is 2.96. The van der Waals surface area contributed by atoms with Crippen molar-refractivity contribution >= 4 is 11.3 Å². The van der Waals surface area contributed by atoms with Crippen LogP contribution in [-0.2, 0) is 6.54 Å². The minimum absolute atomic E-state index is 0.822. The Kier molecular flexibility index (Phi) is 1.46. The third kappa shape index (κ3) is 1.03. The van der Waals surface area contributed by atoms with E-state index in [9.17, 15) is 0 Å². The highest BCUT2D eigenvalue weighted by Crippen LogP contribution is 2.31. The number of pyridine rings is 1. The van der Waals surface area contributed by atoms with Crippen LogP contribution in [0.2, 0.25) is 0 Å². The lowest BCUT2D eigenvalue weighted by Crippen LogP contribution is -2.16. The molecule has 90 valence electrons. The molecule has 0 bridgehead atoms. The quantitative estimate of drug-likeness (QED) is 0.387. The fourth-order valence-corrected chi connectivity index (χ4v) is 2.96. The van der Waals surface area contributed by atoms with Gasteiger partial charge in [0.1, 0.15) is 30.1 Å². The topological polar surface area (TPSA) is 39.2 Å². The summed E-state index contributed by atoms with van der Waals surface area (Å²) < 4.78 is 6.55. The molecule has 0 saturated carbocycles. The Morgan fingerprint density at radius 3 is 3.16 bits per heavy atom. The molecule has 0 aliphatic carbocycles. The summed E-state index contributed by atoms with van der Waals surface area (Å²) in [5.74, 6) is 1.12. The molecule has 5 rings (SSSR count). The van der Waals surface area contributed by atoms with Gasteiger partial charge in [-0.3, -0.25) is 4.98 Å². The third-order valence-electron chi connectivity index (χ3n) is 3.78. The van der Waals surface area contributed by atoms with E-state index in [1.54, 1.807) is 0 Å². The van der Waals surface area contributed by atoms with Crippen LogP contribution in [0.4, 0.5) is 0 Å². The van der Waals surface area contributed by atoms with Gasteiger partial charge in [-0.1, -0.05) is 0 Å². The van der Waals surface area contributed by atoms with Crippen molar-refractivity contribution < 1.29 is 4.40 Å². The molecule has 4 aromatic rings. The van der Waals surface area contributed by atoms with Crippen LogP contribution in [0.5, 0.6) is 0 Å². The molecule has 0 aromatic carbocycles. The maximum atomic E-state index is 4.46. The summed E-state index contributed by atoms with van der Waals surface area (Å²) in [5, 5.41) is 0. The molecular formula is C14H10N5+. The van der Waals surface area contributed by atoms with E-state index in [2.05, 4.69) is 41.8 Å². The Labute approximate surface area is 108 Å². The van der Waals surface area contributed by atoms with E-state index >= 15 is 0 Å². The van der Waals surface area contributed by atoms with Crippen molar-refractivity contribution in [3.8, 4) is 11.3 Å². The van der Waals surface area contributed by atoms with Crippen molar-refractivity contribution in [2.24, 2.45) is 0 Å². The first-order valence-electron chi connectivity index (χ1n) is 6.22. The zero-order chi connectivity index (χ0) is 12.4. The fraction of sp³-hybridized carbons (Fsp3) is 0.0714. The smallest absolute Gasteiger partial charge is 0.257 e. The number of imidazole rings is 2. The number of hydrogen-bond acceptors (Lipinski definition) is 2. The molecule has 0 amide bonds. The SMILES string of the molecule is c1cnc2c(c1)-c1c[n+]3cc4ccncn4c3n1C2. The van der Waals surface area contributed by atoms with E-state index in [-0.39, 0.29) is 0 Å². The van der Waals surface area contributed by atoms with Crippen molar-refractivity contribution in [2.45, 2.75) is 6.54 Å². The van der Waals surface area contributed by atoms with Gasteiger partial charge in [-0.25, -0.2) is 14.0 Å². The van der Waals surface area contributed by atoms with Crippen LogP contribution in [0.15, 0.2) is 49.3 Å². The number of nitrogens with zero attached hydrogens (tertiary/aromatic N) is 5. The van der Waals surface area contributed by atoms with Crippen molar-refractivity contribution in [3.05, 3.63) is 55.0 Å². The molecule has 0 unspecified atom stereocenters. The molecule has 0 spiro atoms. The number of rotatable bonds is 0. The summed E-state index contributed by atoms with van der Waals surface area (Å²) in [6, 6.07) is 6.13. The van der Waals surface area contributed by atoms with Crippen LogP contribution in [-0.4, -0.2) is 18.9 Å². The zero-order valence-electron chi connectivity index (χ0n) is 10.1. The van der Waals surface area contributed by atoms with Crippen molar-refractivity contribution in [3.63, 3.8) is 0 Å². The lowest BCUT2D eigenvalue weighted by atomic mass is 10.2. The predicted molar refractivity (Wildman–Crippen MR) is 68.7 cm³/mol. The van der Waals surface area contributed by atoms with Crippen molar-refractivity contribution in [1.82, 2.24) is 18.9 Å². The summed E-state index contributed by atoms with van der Waals surface area (Å²) in [6.07, 6.45) is 9.81. The van der Waals surface area contributed by atoms with Crippen LogP contribution < -0.4 is 4.40 Å². The second kappa shape index (κ2) is 3.00. The minimum Gasteiger partial charge on any atom is -0.257 e. The van der Waals surface area contributed by atoms with E-state index in [0.29, 0.717) is 0 Å². The van der Waals surface area contributed by atoms with Crippen LogP contribution in [0.25, 0.3) is 22.6 Å². The van der Waals surface area contributed by atoms with Crippen LogP contribution >= 0.6 is 0 Å². The molecule has 5 heterocycles. The highest BCUT2D eigenvalue weighted by atomic mass is 15.3.